The van der Waals surface area contributed by atoms with Gasteiger partial charge in [0.15, 0.2) is 5.82 Å². The largest absolute Gasteiger partial charge is 0.506 e. The van der Waals surface area contributed by atoms with Gasteiger partial charge in [-0.05, 0) is 11.5 Å². The predicted molar refractivity (Wildman–Crippen MR) is 70.1 cm³/mol. The van der Waals surface area contributed by atoms with Gasteiger partial charge >= 0.3 is 0 Å². The second-order valence-electron chi connectivity index (χ2n) is 4.02. The number of nitrogens with zero attached hydrogens (tertiary/aromatic N) is 1. The highest BCUT2D eigenvalue weighted by molar-refractivity contribution is 6.09. The predicted octanol–water partition coefficient (Wildman–Crippen LogP) is 2.79. The Kier molecular flexibility index (Phi) is 2.64. The van der Waals surface area contributed by atoms with Crippen LogP contribution in [0.4, 0.5) is 5.82 Å². The molecule has 0 bridgehead atoms. The minimum atomic E-state index is -0.433. The second-order valence-corrected chi connectivity index (χ2v) is 4.02. The smallest absolute Gasteiger partial charge is 0.260 e. The fourth-order valence-electron chi connectivity index (χ4n) is 1.90. The van der Waals surface area contributed by atoms with Crippen molar-refractivity contribution in [3.05, 3.63) is 54.3 Å². The molecule has 0 saturated heterocycles. The van der Waals surface area contributed by atoms with Gasteiger partial charge < -0.3 is 14.9 Å². The first-order valence-corrected chi connectivity index (χ1v) is 5.68. The zero-order chi connectivity index (χ0) is 13.2. The average molecular weight is 254 g/mol. The van der Waals surface area contributed by atoms with Crippen LogP contribution in [-0.4, -0.2) is 16.2 Å². The maximum absolute atomic E-state index is 12.0. The molecule has 0 aliphatic heterocycles. The molecule has 0 atom stereocenters. The van der Waals surface area contributed by atoms with Gasteiger partial charge in [0, 0.05) is 11.5 Å². The van der Waals surface area contributed by atoms with E-state index >= 15 is 0 Å². The fraction of sp³-hybridized carbons (Fsp3) is 0. The van der Waals surface area contributed by atoms with Crippen LogP contribution in [0.15, 0.2) is 53.3 Å². The van der Waals surface area contributed by atoms with Gasteiger partial charge in [-0.3, -0.25) is 4.79 Å². The third-order valence-electron chi connectivity index (χ3n) is 2.82. The molecule has 3 aromatic rings. The van der Waals surface area contributed by atoms with Crippen LogP contribution in [-0.2, 0) is 0 Å². The quantitative estimate of drug-likeness (QED) is 0.737. The summed E-state index contributed by atoms with van der Waals surface area (Å²) in [5, 5.41) is 17.8. The molecule has 0 radical (unpaired) electrons. The molecule has 3 rings (SSSR count). The van der Waals surface area contributed by atoms with Crippen molar-refractivity contribution in [2.45, 2.75) is 0 Å². The van der Waals surface area contributed by atoms with Crippen molar-refractivity contribution in [2.75, 3.05) is 5.32 Å². The Labute approximate surface area is 108 Å². The monoisotopic (exact) mass is 254 g/mol. The van der Waals surface area contributed by atoms with Crippen LogP contribution in [0, 0.1) is 0 Å². The molecule has 1 heterocycles. The molecular weight excluding hydrogens is 244 g/mol. The maximum atomic E-state index is 12.0. The first-order valence-electron chi connectivity index (χ1n) is 5.68. The Bertz CT molecular complexity index is 736. The number of phenolic OH excluding ortho intramolecular Hbond substituents is 1. The number of carbonyl (C=O) groups is 1. The molecule has 0 fully saturated rings. The lowest BCUT2D eigenvalue weighted by Gasteiger charge is -2.07. The van der Waals surface area contributed by atoms with E-state index in [1.807, 2.05) is 12.1 Å². The summed E-state index contributed by atoms with van der Waals surface area (Å²) in [6, 6.07) is 12.2. The summed E-state index contributed by atoms with van der Waals surface area (Å²) < 4.78 is 4.62. The zero-order valence-corrected chi connectivity index (χ0v) is 9.83. The Morgan fingerprint density at radius 2 is 2.00 bits per heavy atom. The van der Waals surface area contributed by atoms with Crippen molar-refractivity contribution in [2.24, 2.45) is 0 Å². The number of amides is 1. The summed E-state index contributed by atoms with van der Waals surface area (Å²) in [5.41, 5.74) is 0.196. The van der Waals surface area contributed by atoms with Crippen LogP contribution in [0.5, 0.6) is 5.75 Å². The normalized spacial score (nSPS) is 10.5. The highest BCUT2D eigenvalue weighted by Crippen LogP contribution is 2.28. The molecule has 94 valence electrons. The topological polar surface area (TPSA) is 75.4 Å². The first-order chi connectivity index (χ1) is 9.25. The number of benzene rings is 2. The minimum absolute atomic E-state index is 0.0425. The van der Waals surface area contributed by atoms with Gasteiger partial charge in [0.1, 0.15) is 12.0 Å². The first kappa shape index (κ1) is 11.3. The van der Waals surface area contributed by atoms with E-state index in [1.165, 1.54) is 12.3 Å². The van der Waals surface area contributed by atoms with Crippen LogP contribution in [0.2, 0.25) is 0 Å². The lowest BCUT2D eigenvalue weighted by molar-refractivity contribution is 0.102. The summed E-state index contributed by atoms with van der Waals surface area (Å²) in [7, 11) is 0. The summed E-state index contributed by atoms with van der Waals surface area (Å²) in [4.78, 5) is 12.0. The van der Waals surface area contributed by atoms with E-state index in [1.54, 1.807) is 24.3 Å². The Hall–Kier alpha value is -2.82. The fourth-order valence-corrected chi connectivity index (χ4v) is 1.90. The van der Waals surface area contributed by atoms with E-state index in [-0.39, 0.29) is 11.3 Å². The summed E-state index contributed by atoms with van der Waals surface area (Å²) in [5.74, 6) is -0.172. The van der Waals surface area contributed by atoms with Gasteiger partial charge in [0.2, 0.25) is 0 Å². The molecule has 0 aliphatic rings. The van der Waals surface area contributed by atoms with E-state index in [9.17, 15) is 9.90 Å². The van der Waals surface area contributed by atoms with Gasteiger partial charge in [0.05, 0.1) is 5.56 Å². The van der Waals surface area contributed by atoms with Crippen LogP contribution in [0.25, 0.3) is 10.8 Å². The van der Waals surface area contributed by atoms with Crippen molar-refractivity contribution in [3.8, 4) is 5.75 Å². The third-order valence-corrected chi connectivity index (χ3v) is 2.82. The Morgan fingerprint density at radius 3 is 2.79 bits per heavy atom. The zero-order valence-electron chi connectivity index (χ0n) is 9.83. The van der Waals surface area contributed by atoms with E-state index in [4.69, 9.17) is 0 Å². The standard InChI is InChI=1S/C14H10N2O3/c17-13-10-4-2-1-3-9(10)5-6-11(13)14(18)15-12-7-8-19-16-12/h1-8,17H,(H,15,16,18). The lowest BCUT2D eigenvalue weighted by Crippen LogP contribution is -2.12. The van der Waals surface area contributed by atoms with Crippen molar-refractivity contribution in [1.82, 2.24) is 5.16 Å². The van der Waals surface area contributed by atoms with Gasteiger partial charge in [-0.25, -0.2) is 0 Å². The SMILES string of the molecule is O=C(Nc1ccon1)c1ccc2ccccc2c1O. The number of aromatic hydroxyl groups is 1. The molecule has 2 N–H and O–H groups in total. The number of fused-ring (bicyclic) bond motifs is 1. The molecule has 19 heavy (non-hydrogen) atoms. The van der Waals surface area contributed by atoms with E-state index in [0.29, 0.717) is 11.2 Å². The van der Waals surface area contributed by atoms with Gasteiger partial charge in [-0.15, -0.1) is 0 Å². The van der Waals surface area contributed by atoms with Crippen molar-refractivity contribution < 1.29 is 14.4 Å². The van der Waals surface area contributed by atoms with Crippen LogP contribution in [0.3, 0.4) is 0 Å². The summed E-state index contributed by atoms with van der Waals surface area (Å²) >= 11 is 0. The second kappa shape index (κ2) is 4.45. The Balaban J connectivity index is 2.01. The summed E-state index contributed by atoms with van der Waals surface area (Å²) in [6.07, 6.45) is 1.36. The van der Waals surface area contributed by atoms with Crippen molar-refractivity contribution in [3.63, 3.8) is 0 Å². The Morgan fingerprint density at radius 1 is 1.16 bits per heavy atom. The molecule has 1 amide bonds. The van der Waals surface area contributed by atoms with E-state index < -0.39 is 5.91 Å². The maximum Gasteiger partial charge on any atom is 0.260 e. The highest BCUT2D eigenvalue weighted by Gasteiger charge is 2.14. The molecule has 5 nitrogen and oxygen atoms in total. The van der Waals surface area contributed by atoms with Gasteiger partial charge in [-0.2, -0.15) is 0 Å². The number of phenols is 1. The lowest BCUT2D eigenvalue weighted by atomic mass is 10.0. The molecule has 5 heteroatoms. The van der Waals surface area contributed by atoms with Crippen molar-refractivity contribution in [1.29, 1.82) is 0 Å². The average Bonchev–Trinajstić information content (AvgIpc) is 2.92. The number of anilines is 1. The van der Waals surface area contributed by atoms with E-state index in [0.717, 1.165) is 5.39 Å². The van der Waals surface area contributed by atoms with Crippen LogP contribution >= 0.6 is 0 Å². The number of hydrogen-bond acceptors (Lipinski definition) is 4. The highest BCUT2D eigenvalue weighted by atomic mass is 16.5. The van der Waals surface area contributed by atoms with Gasteiger partial charge in [0.25, 0.3) is 5.91 Å². The molecule has 0 aliphatic carbocycles. The summed E-state index contributed by atoms with van der Waals surface area (Å²) in [6.45, 7) is 0. The third kappa shape index (κ3) is 2.01. The number of carbonyl (C=O) groups excluding carboxylic acids is 1. The molecule has 0 saturated carbocycles. The van der Waals surface area contributed by atoms with Crippen molar-refractivity contribution >= 4 is 22.5 Å². The molecule has 1 aromatic heterocycles. The molecule has 2 aromatic carbocycles. The number of aromatic nitrogens is 1. The number of hydrogen-bond donors (Lipinski definition) is 2. The molecule has 0 unspecified atom stereocenters. The number of nitrogens with one attached hydrogen (secondary N) is 1. The number of rotatable bonds is 2. The molecular formula is C14H10N2O3. The van der Waals surface area contributed by atoms with Crippen LogP contribution < -0.4 is 5.32 Å². The van der Waals surface area contributed by atoms with Crippen LogP contribution in [0.1, 0.15) is 10.4 Å². The minimum Gasteiger partial charge on any atom is -0.506 e. The molecule has 0 spiro atoms. The van der Waals surface area contributed by atoms with Gasteiger partial charge in [-0.1, -0.05) is 35.5 Å². The van der Waals surface area contributed by atoms with E-state index in [2.05, 4.69) is 15.0 Å².